The van der Waals surface area contributed by atoms with Crippen molar-refractivity contribution in [3.63, 3.8) is 0 Å². The topological polar surface area (TPSA) is 28.4 Å². The van der Waals surface area contributed by atoms with Crippen LogP contribution >= 0.6 is 0 Å². The molecule has 0 aromatic carbocycles. The zero-order valence-electron chi connectivity index (χ0n) is 11.1. The van der Waals surface area contributed by atoms with Gasteiger partial charge in [-0.25, -0.2) is 0 Å². The molecule has 0 bridgehead atoms. The smallest absolute Gasteiger partial charge is 0.122 e. The SMILES string of the molecule is CC1=CCCN(Cc2occc2CNC2CC2)C1. The van der Waals surface area contributed by atoms with E-state index >= 15 is 0 Å². The van der Waals surface area contributed by atoms with Gasteiger partial charge >= 0.3 is 0 Å². The molecule has 0 unspecified atom stereocenters. The molecule has 1 aliphatic heterocycles. The highest BCUT2D eigenvalue weighted by Crippen LogP contribution is 2.21. The van der Waals surface area contributed by atoms with E-state index in [1.165, 1.54) is 30.4 Å². The van der Waals surface area contributed by atoms with Crippen LogP contribution < -0.4 is 5.32 Å². The first-order valence-electron chi connectivity index (χ1n) is 6.98. The molecular weight excluding hydrogens is 224 g/mol. The molecule has 3 rings (SSSR count). The van der Waals surface area contributed by atoms with E-state index in [9.17, 15) is 0 Å². The predicted octanol–water partition coefficient (Wildman–Crippen LogP) is 2.68. The molecule has 2 aliphatic rings. The van der Waals surface area contributed by atoms with E-state index in [1.807, 2.05) is 6.26 Å². The van der Waals surface area contributed by atoms with Crippen LogP contribution in [0.3, 0.4) is 0 Å². The summed E-state index contributed by atoms with van der Waals surface area (Å²) in [6.45, 7) is 6.34. The van der Waals surface area contributed by atoms with Crippen molar-refractivity contribution in [2.75, 3.05) is 13.1 Å². The molecule has 1 N–H and O–H groups in total. The Morgan fingerprint density at radius 3 is 3.11 bits per heavy atom. The number of rotatable bonds is 5. The largest absolute Gasteiger partial charge is 0.468 e. The fourth-order valence-corrected chi connectivity index (χ4v) is 2.53. The summed E-state index contributed by atoms with van der Waals surface area (Å²) >= 11 is 0. The van der Waals surface area contributed by atoms with Crippen LogP contribution in [0.25, 0.3) is 0 Å². The third-order valence-electron chi connectivity index (χ3n) is 3.77. The molecule has 1 aromatic rings. The Balaban J connectivity index is 1.57. The first-order valence-corrected chi connectivity index (χ1v) is 6.98. The summed E-state index contributed by atoms with van der Waals surface area (Å²) in [5, 5.41) is 3.56. The van der Waals surface area contributed by atoms with Crippen LogP contribution in [0.15, 0.2) is 28.4 Å². The maximum absolute atomic E-state index is 5.65. The summed E-state index contributed by atoms with van der Waals surface area (Å²) in [5.74, 6) is 1.14. The van der Waals surface area contributed by atoms with Crippen molar-refractivity contribution in [2.45, 2.75) is 45.3 Å². The highest BCUT2D eigenvalue weighted by atomic mass is 16.3. The molecule has 2 heterocycles. The Hall–Kier alpha value is -1.06. The fourth-order valence-electron chi connectivity index (χ4n) is 2.53. The zero-order chi connectivity index (χ0) is 12.4. The average molecular weight is 246 g/mol. The third kappa shape index (κ3) is 3.03. The van der Waals surface area contributed by atoms with Gasteiger partial charge in [-0.1, -0.05) is 11.6 Å². The second-order valence-corrected chi connectivity index (χ2v) is 5.57. The van der Waals surface area contributed by atoms with Gasteiger partial charge in [0.25, 0.3) is 0 Å². The lowest BCUT2D eigenvalue weighted by molar-refractivity contribution is 0.256. The van der Waals surface area contributed by atoms with Gasteiger partial charge < -0.3 is 9.73 Å². The maximum Gasteiger partial charge on any atom is 0.122 e. The van der Waals surface area contributed by atoms with Gasteiger partial charge in [-0.2, -0.15) is 0 Å². The zero-order valence-corrected chi connectivity index (χ0v) is 11.1. The van der Waals surface area contributed by atoms with Crippen molar-refractivity contribution in [2.24, 2.45) is 0 Å². The van der Waals surface area contributed by atoms with Gasteiger partial charge in [-0.05, 0) is 32.3 Å². The molecule has 0 saturated heterocycles. The van der Waals surface area contributed by atoms with Gasteiger partial charge in [0.05, 0.1) is 12.8 Å². The molecule has 0 amide bonds. The first-order chi connectivity index (χ1) is 8.81. The minimum Gasteiger partial charge on any atom is -0.468 e. The summed E-state index contributed by atoms with van der Waals surface area (Å²) in [7, 11) is 0. The summed E-state index contributed by atoms with van der Waals surface area (Å²) in [5.41, 5.74) is 2.81. The Morgan fingerprint density at radius 1 is 1.44 bits per heavy atom. The van der Waals surface area contributed by atoms with Crippen LogP contribution in [0.1, 0.15) is 37.5 Å². The summed E-state index contributed by atoms with van der Waals surface area (Å²) in [6.07, 6.45) is 8.01. The second-order valence-electron chi connectivity index (χ2n) is 5.57. The summed E-state index contributed by atoms with van der Waals surface area (Å²) in [6, 6.07) is 2.87. The lowest BCUT2D eigenvalue weighted by Gasteiger charge is -2.25. The third-order valence-corrected chi connectivity index (χ3v) is 3.77. The van der Waals surface area contributed by atoms with Crippen molar-refractivity contribution in [1.82, 2.24) is 10.2 Å². The van der Waals surface area contributed by atoms with Crippen LogP contribution in [-0.4, -0.2) is 24.0 Å². The highest BCUT2D eigenvalue weighted by Gasteiger charge is 2.21. The molecule has 1 saturated carbocycles. The van der Waals surface area contributed by atoms with Crippen molar-refractivity contribution in [1.29, 1.82) is 0 Å². The lowest BCUT2D eigenvalue weighted by atomic mass is 10.1. The lowest BCUT2D eigenvalue weighted by Crippen LogP contribution is -2.29. The van der Waals surface area contributed by atoms with E-state index in [0.717, 1.165) is 38.0 Å². The minimum absolute atomic E-state index is 0.757. The standard InChI is InChI=1S/C15H22N2O/c1-12-3-2-7-17(10-12)11-15-13(6-8-18-15)9-16-14-4-5-14/h3,6,8,14,16H,2,4-5,7,9-11H2,1H3. The van der Waals surface area contributed by atoms with Crippen LogP contribution in [0.4, 0.5) is 0 Å². The Labute approximate surface area is 109 Å². The molecule has 1 aromatic heterocycles. The summed E-state index contributed by atoms with van der Waals surface area (Å²) < 4.78 is 5.65. The molecule has 3 nitrogen and oxygen atoms in total. The van der Waals surface area contributed by atoms with Crippen molar-refractivity contribution >= 4 is 0 Å². The number of nitrogens with one attached hydrogen (secondary N) is 1. The van der Waals surface area contributed by atoms with E-state index < -0.39 is 0 Å². The van der Waals surface area contributed by atoms with Gasteiger partial charge in [-0.15, -0.1) is 0 Å². The van der Waals surface area contributed by atoms with Gasteiger partial charge in [0.15, 0.2) is 0 Å². The van der Waals surface area contributed by atoms with E-state index in [-0.39, 0.29) is 0 Å². The maximum atomic E-state index is 5.65. The van der Waals surface area contributed by atoms with E-state index in [0.29, 0.717) is 0 Å². The molecule has 0 spiro atoms. The monoisotopic (exact) mass is 246 g/mol. The Kier molecular flexibility index (Phi) is 3.52. The van der Waals surface area contributed by atoms with Gasteiger partial charge in [0.1, 0.15) is 5.76 Å². The van der Waals surface area contributed by atoms with Gasteiger partial charge in [-0.3, -0.25) is 4.90 Å². The van der Waals surface area contributed by atoms with Gasteiger partial charge in [0.2, 0.25) is 0 Å². The highest BCUT2D eigenvalue weighted by molar-refractivity contribution is 5.18. The van der Waals surface area contributed by atoms with Crippen LogP contribution in [0.5, 0.6) is 0 Å². The second kappa shape index (κ2) is 5.29. The quantitative estimate of drug-likeness (QED) is 0.810. The van der Waals surface area contributed by atoms with E-state index in [1.54, 1.807) is 0 Å². The number of nitrogens with zero attached hydrogens (tertiary/aromatic N) is 1. The number of furan rings is 1. The van der Waals surface area contributed by atoms with E-state index in [4.69, 9.17) is 4.42 Å². The Morgan fingerprint density at radius 2 is 2.33 bits per heavy atom. The van der Waals surface area contributed by atoms with Crippen molar-refractivity contribution in [3.8, 4) is 0 Å². The van der Waals surface area contributed by atoms with Crippen LogP contribution in [0, 0.1) is 0 Å². The molecule has 1 fully saturated rings. The molecule has 3 heteroatoms. The number of hydrogen-bond donors (Lipinski definition) is 1. The summed E-state index contributed by atoms with van der Waals surface area (Å²) in [4.78, 5) is 2.47. The number of hydrogen-bond acceptors (Lipinski definition) is 3. The molecule has 98 valence electrons. The fraction of sp³-hybridized carbons (Fsp3) is 0.600. The Bertz CT molecular complexity index is 431. The first kappa shape index (κ1) is 12.0. The van der Waals surface area contributed by atoms with Crippen LogP contribution in [0.2, 0.25) is 0 Å². The molecule has 18 heavy (non-hydrogen) atoms. The molecule has 0 radical (unpaired) electrons. The van der Waals surface area contributed by atoms with E-state index in [2.05, 4.69) is 29.3 Å². The molecule has 1 aliphatic carbocycles. The minimum atomic E-state index is 0.757. The molecule has 0 atom stereocenters. The van der Waals surface area contributed by atoms with Crippen molar-refractivity contribution < 1.29 is 4.42 Å². The van der Waals surface area contributed by atoms with Crippen molar-refractivity contribution in [3.05, 3.63) is 35.3 Å². The normalized spacial score (nSPS) is 21.1. The predicted molar refractivity (Wildman–Crippen MR) is 72.2 cm³/mol. The average Bonchev–Trinajstić information content (AvgIpc) is 3.08. The molecular formula is C15H22N2O. The van der Waals surface area contributed by atoms with Gasteiger partial charge in [0, 0.05) is 31.2 Å². The van der Waals surface area contributed by atoms with Crippen LogP contribution in [-0.2, 0) is 13.1 Å².